The Hall–Kier alpha value is -0.880. The van der Waals surface area contributed by atoms with Crippen LogP contribution in [-0.4, -0.2) is 32.3 Å². The molecule has 2 atom stereocenters. The molecule has 0 aromatic carbocycles. The molecule has 7 heteroatoms. The number of ether oxygens (including phenoxy) is 1. The normalized spacial score (nSPS) is 14.2. The maximum atomic E-state index is 12.2. The molecule has 0 aliphatic rings. The van der Waals surface area contributed by atoms with Crippen molar-refractivity contribution in [3.05, 3.63) is 16.4 Å². The first-order chi connectivity index (χ1) is 8.90. The molecule has 0 aliphatic heterocycles. The molecule has 0 spiro atoms. The van der Waals surface area contributed by atoms with Crippen LogP contribution in [0, 0.1) is 6.92 Å². The van der Waals surface area contributed by atoms with E-state index in [1.54, 1.807) is 11.6 Å². The molecule has 1 aromatic heterocycles. The van der Waals surface area contributed by atoms with Gasteiger partial charge in [0.25, 0.3) is 0 Å². The van der Waals surface area contributed by atoms with Crippen molar-refractivity contribution >= 4 is 28.4 Å². The van der Waals surface area contributed by atoms with Crippen LogP contribution in [0.1, 0.15) is 31.7 Å². The number of halogens is 1. The van der Waals surface area contributed by atoms with Crippen LogP contribution in [0.5, 0.6) is 0 Å². The third-order valence-corrected chi connectivity index (χ3v) is 4.98. The second-order valence-corrected chi connectivity index (χ2v) is 6.51. The first kappa shape index (κ1) is 16.2. The van der Waals surface area contributed by atoms with Gasteiger partial charge in [-0.3, -0.25) is 13.7 Å². The van der Waals surface area contributed by atoms with E-state index in [4.69, 9.17) is 11.6 Å². The SMILES string of the molecule is CCn1nc(C)c(Cl)c1CS(=O)C(C)CC(=O)OC. The molecule has 0 N–H and O–H groups in total. The average molecular weight is 307 g/mol. The van der Waals surface area contributed by atoms with Crippen molar-refractivity contribution in [2.24, 2.45) is 0 Å². The topological polar surface area (TPSA) is 61.2 Å². The van der Waals surface area contributed by atoms with Crippen molar-refractivity contribution in [2.75, 3.05) is 7.11 Å². The van der Waals surface area contributed by atoms with E-state index in [1.165, 1.54) is 7.11 Å². The number of nitrogens with zero attached hydrogens (tertiary/aromatic N) is 2. The Morgan fingerprint density at radius 3 is 2.74 bits per heavy atom. The highest BCUT2D eigenvalue weighted by Gasteiger charge is 2.20. The van der Waals surface area contributed by atoms with Gasteiger partial charge in [0, 0.05) is 22.6 Å². The Morgan fingerprint density at radius 2 is 2.21 bits per heavy atom. The highest BCUT2D eigenvalue weighted by atomic mass is 35.5. The predicted octanol–water partition coefficient (Wildman–Crippen LogP) is 2.07. The summed E-state index contributed by atoms with van der Waals surface area (Å²) >= 11 is 6.17. The van der Waals surface area contributed by atoms with Crippen LogP contribution in [0.3, 0.4) is 0 Å². The van der Waals surface area contributed by atoms with Gasteiger partial charge in [-0.25, -0.2) is 0 Å². The van der Waals surface area contributed by atoms with Gasteiger partial charge in [0.05, 0.1) is 35.7 Å². The summed E-state index contributed by atoms with van der Waals surface area (Å²) in [6, 6.07) is 0. The number of rotatable bonds is 6. The predicted molar refractivity (Wildman–Crippen MR) is 75.6 cm³/mol. The minimum Gasteiger partial charge on any atom is -0.469 e. The van der Waals surface area contributed by atoms with E-state index in [9.17, 15) is 9.00 Å². The summed E-state index contributed by atoms with van der Waals surface area (Å²) in [6.45, 7) is 6.21. The maximum Gasteiger partial charge on any atom is 0.306 e. The molecule has 0 aliphatic carbocycles. The highest BCUT2D eigenvalue weighted by molar-refractivity contribution is 7.84. The molecule has 0 saturated heterocycles. The molecule has 0 saturated carbocycles. The molecule has 2 unspecified atom stereocenters. The third-order valence-electron chi connectivity index (χ3n) is 2.86. The standard InChI is InChI=1S/C12H19ClN2O3S/c1-5-15-10(12(13)9(3)14-15)7-19(17)8(2)6-11(16)18-4/h8H,5-7H2,1-4H3. The fourth-order valence-electron chi connectivity index (χ4n) is 1.69. The quantitative estimate of drug-likeness (QED) is 0.755. The third kappa shape index (κ3) is 4.04. The molecule has 0 radical (unpaired) electrons. The van der Waals surface area contributed by atoms with Gasteiger partial charge < -0.3 is 4.74 Å². The molecule has 0 bridgehead atoms. The Kier molecular flexibility index (Phi) is 6.00. The van der Waals surface area contributed by atoms with Gasteiger partial charge in [0.15, 0.2) is 0 Å². The summed E-state index contributed by atoms with van der Waals surface area (Å²) in [4.78, 5) is 11.2. The number of aromatic nitrogens is 2. The van der Waals surface area contributed by atoms with Gasteiger partial charge in [-0.1, -0.05) is 18.5 Å². The van der Waals surface area contributed by atoms with Crippen molar-refractivity contribution in [3.63, 3.8) is 0 Å². The molecule has 1 aromatic rings. The summed E-state index contributed by atoms with van der Waals surface area (Å²) in [7, 11) is 0.131. The van der Waals surface area contributed by atoms with E-state index in [0.717, 1.165) is 11.4 Å². The minimum atomic E-state index is -1.19. The summed E-state index contributed by atoms with van der Waals surface area (Å²) in [6.07, 6.45) is 0.139. The lowest BCUT2D eigenvalue weighted by Crippen LogP contribution is -2.19. The number of hydrogen-bond acceptors (Lipinski definition) is 4. The van der Waals surface area contributed by atoms with Crippen LogP contribution in [0.25, 0.3) is 0 Å². The Balaban J connectivity index is 2.79. The number of methoxy groups -OCH3 is 1. The van der Waals surface area contributed by atoms with Gasteiger partial charge in [0.1, 0.15) is 0 Å². The van der Waals surface area contributed by atoms with Gasteiger partial charge in [0.2, 0.25) is 0 Å². The van der Waals surface area contributed by atoms with Crippen LogP contribution in [0.2, 0.25) is 5.02 Å². The van der Waals surface area contributed by atoms with Crippen LogP contribution in [-0.2, 0) is 32.6 Å². The summed E-state index contributed by atoms with van der Waals surface area (Å²) in [5, 5.41) is 4.56. The fourth-order valence-corrected chi connectivity index (χ4v) is 3.15. The number of carbonyl (C=O) groups excluding carboxylic acids is 1. The van der Waals surface area contributed by atoms with E-state index in [2.05, 4.69) is 9.84 Å². The first-order valence-corrected chi connectivity index (χ1v) is 7.82. The largest absolute Gasteiger partial charge is 0.469 e. The second-order valence-electron chi connectivity index (χ2n) is 4.28. The summed E-state index contributed by atoms with van der Waals surface area (Å²) in [5.41, 5.74) is 1.49. The number of esters is 1. The van der Waals surface area contributed by atoms with Crippen LogP contribution in [0.4, 0.5) is 0 Å². The lowest BCUT2D eigenvalue weighted by Gasteiger charge is -2.11. The minimum absolute atomic E-state index is 0.139. The highest BCUT2D eigenvalue weighted by Crippen LogP contribution is 2.22. The Labute approximate surface area is 120 Å². The van der Waals surface area contributed by atoms with Crippen molar-refractivity contribution in [1.82, 2.24) is 9.78 Å². The molecule has 0 fully saturated rings. The van der Waals surface area contributed by atoms with Crippen LogP contribution >= 0.6 is 11.6 Å². The average Bonchev–Trinajstić information content (AvgIpc) is 2.65. The van der Waals surface area contributed by atoms with Gasteiger partial charge >= 0.3 is 5.97 Å². The van der Waals surface area contributed by atoms with Crippen molar-refractivity contribution in [1.29, 1.82) is 0 Å². The Bertz CT molecular complexity index is 488. The molecule has 1 rings (SSSR count). The lowest BCUT2D eigenvalue weighted by molar-refractivity contribution is -0.140. The number of aryl methyl sites for hydroxylation is 2. The summed E-state index contributed by atoms with van der Waals surface area (Å²) < 4.78 is 18.5. The zero-order chi connectivity index (χ0) is 14.6. The van der Waals surface area contributed by atoms with Gasteiger partial charge in [-0.2, -0.15) is 5.10 Å². The number of hydrogen-bond donors (Lipinski definition) is 0. The van der Waals surface area contributed by atoms with E-state index < -0.39 is 10.8 Å². The summed E-state index contributed by atoms with van der Waals surface area (Å²) in [5.74, 6) is -0.0572. The van der Waals surface area contributed by atoms with Crippen LogP contribution in [0.15, 0.2) is 0 Å². The maximum absolute atomic E-state index is 12.2. The first-order valence-electron chi connectivity index (χ1n) is 6.06. The van der Waals surface area contributed by atoms with Gasteiger partial charge in [-0.05, 0) is 13.8 Å². The monoisotopic (exact) mass is 306 g/mol. The molecule has 19 heavy (non-hydrogen) atoms. The van der Waals surface area contributed by atoms with E-state index in [0.29, 0.717) is 17.3 Å². The molecule has 108 valence electrons. The molecule has 1 heterocycles. The second kappa shape index (κ2) is 7.05. The van der Waals surface area contributed by atoms with Crippen molar-refractivity contribution in [3.8, 4) is 0 Å². The number of carbonyl (C=O) groups is 1. The fraction of sp³-hybridized carbons (Fsp3) is 0.667. The van der Waals surface area contributed by atoms with Crippen molar-refractivity contribution < 1.29 is 13.7 Å². The van der Waals surface area contributed by atoms with Crippen molar-refractivity contribution in [2.45, 2.75) is 44.7 Å². The Morgan fingerprint density at radius 1 is 1.58 bits per heavy atom. The van der Waals surface area contributed by atoms with E-state index >= 15 is 0 Å². The molecule has 5 nitrogen and oxygen atoms in total. The molecular weight excluding hydrogens is 288 g/mol. The van der Waals surface area contributed by atoms with Crippen LogP contribution < -0.4 is 0 Å². The lowest BCUT2D eigenvalue weighted by atomic mass is 10.3. The van der Waals surface area contributed by atoms with E-state index in [-0.39, 0.29) is 17.6 Å². The zero-order valence-electron chi connectivity index (χ0n) is 11.6. The van der Waals surface area contributed by atoms with Gasteiger partial charge in [-0.15, -0.1) is 0 Å². The molecular formula is C12H19ClN2O3S. The smallest absolute Gasteiger partial charge is 0.306 e. The van der Waals surface area contributed by atoms with E-state index in [1.807, 2.05) is 13.8 Å². The zero-order valence-corrected chi connectivity index (χ0v) is 13.2. The molecule has 0 amide bonds.